The molecular weight excluding hydrogens is 378 g/mol. The van der Waals surface area contributed by atoms with E-state index in [1.807, 2.05) is 6.07 Å². The van der Waals surface area contributed by atoms with Crippen LogP contribution in [0.1, 0.15) is 12.8 Å². The molecule has 2 aromatic carbocycles. The van der Waals surface area contributed by atoms with Crippen molar-refractivity contribution in [2.45, 2.75) is 23.8 Å². The van der Waals surface area contributed by atoms with Crippen LogP contribution < -0.4 is 10.1 Å². The predicted octanol–water partition coefficient (Wildman–Crippen LogP) is 2.42. The Bertz CT molecular complexity index is 1030. The number of nitrogens with zero attached hydrogens (tertiary/aromatic N) is 2. The van der Waals surface area contributed by atoms with Gasteiger partial charge in [0.05, 0.1) is 22.0 Å². The molecule has 0 saturated carbocycles. The summed E-state index contributed by atoms with van der Waals surface area (Å²) in [7, 11) is -3.75. The van der Waals surface area contributed by atoms with E-state index in [-0.39, 0.29) is 4.90 Å². The van der Waals surface area contributed by atoms with E-state index in [4.69, 9.17) is 9.47 Å². The fourth-order valence-electron chi connectivity index (χ4n) is 3.34. The molecular formula is C20H23N3O4S. The van der Waals surface area contributed by atoms with Crippen LogP contribution in [-0.4, -0.2) is 50.0 Å². The molecule has 0 bridgehead atoms. The number of benzene rings is 2. The lowest BCUT2D eigenvalue weighted by atomic mass is 10.1. The van der Waals surface area contributed by atoms with Gasteiger partial charge in [0, 0.05) is 25.8 Å². The van der Waals surface area contributed by atoms with Gasteiger partial charge in [-0.15, -0.1) is 0 Å². The van der Waals surface area contributed by atoms with Gasteiger partial charge in [0.15, 0.2) is 0 Å². The summed E-state index contributed by atoms with van der Waals surface area (Å²) < 4.78 is 38.1. The molecule has 0 atom stereocenters. The molecule has 1 aliphatic rings. The summed E-state index contributed by atoms with van der Waals surface area (Å²) in [5.74, 6) is 0.626. The molecule has 0 spiro atoms. The maximum atomic E-state index is 12.9. The van der Waals surface area contributed by atoms with Crippen LogP contribution in [0, 0.1) is 0 Å². The second-order valence-electron chi connectivity index (χ2n) is 6.68. The van der Waals surface area contributed by atoms with Crippen molar-refractivity contribution in [1.82, 2.24) is 14.5 Å². The second kappa shape index (κ2) is 8.30. The molecule has 3 aromatic rings. The van der Waals surface area contributed by atoms with E-state index in [0.29, 0.717) is 29.3 Å². The van der Waals surface area contributed by atoms with Crippen LogP contribution >= 0.6 is 0 Å². The summed E-state index contributed by atoms with van der Waals surface area (Å²) in [6.07, 6.45) is 3.57. The van der Waals surface area contributed by atoms with Gasteiger partial charge in [0.2, 0.25) is 0 Å². The Balaban J connectivity index is 1.49. The first-order valence-corrected chi connectivity index (χ1v) is 10.8. The first kappa shape index (κ1) is 18.9. The van der Waals surface area contributed by atoms with Gasteiger partial charge >= 0.3 is 0 Å². The molecule has 1 saturated heterocycles. The number of rotatable bonds is 7. The van der Waals surface area contributed by atoms with Crippen LogP contribution in [0.2, 0.25) is 0 Å². The zero-order valence-electron chi connectivity index (χ0n) is 15.5. The standard InChI is InChI=1S/C20H23N3O4S/c24-28(25,17-5-2-1-3-6-17)23-19-7-4-8-20(18(19)15-22-23)27-14-11-21-16-9-12-26-13-10-16/h1-8,15-16,21H,9-14H2. The Morgan fingerprint density at radius 1 is 1.11 bits per heavy atom. The monoisotopic (exact) mass is 401 g/mol. The summed E-state index contributed by atoms with van der Waals surface area (Å²) in [6, 6.07) is 14.1. The third-order valence-electron chi connectivity index (χ3n) is 4.82. The van der Waals surface area contributed by atoms with Gasteiger partial charge in [0.1, 0.15) is 12.4 Å². The first-order chi connectivity index (χ1) is 13.7. The van der Waals surface area contributed by atoms with E-state index in [1.165, 1.54) is 6.20 Å². The molecule has 8 heteroatoms. The molecule has 0 radical (unpaired) electrons. The first-order valence-electron chi connectivity index (χ1n) is 9.37. The van der Waals surface area contributed by atoms with Crippen molar-refractivity contribution in [2.75, 3.05) is 26.4 Å². The fraction of sp³-hybridized carbons (Fsp3) is 0.350. The Hall–Kier alpha value is -2.42. The number of nitrogens with one attached hydrogen (secondary N) is 1. The average molecular weight is 401 g/mol. The Labute approximate surface area is 164 Å². The van der Waals surface area contributed by atoms with Gasteiger partial charge in [-0.3, -0.25) is 0 Å². The lowest BCUT2D eigenvalue weighted by Gasteiger charge is -2.23. The topological polar surface area (TPSA) is 82.5 Å². The van der Waals surface area contributed by atoms with Gasteiger partial charge in [-0.1, -0.05) is 24.3 Å². The molecule has 7 nitrogen and oxygen atoms in total. The molecule has 4 rings (SSSR count). The van der Waals surface area contributed by atoms with E-state index in [1.54, 1.807) is 42.5 Å². The van der Waals surface area contributed by atoms with Crippen LogP contribution in [0.25, 0.3) is 10.9 Å². The van der Waals surface area contributed by atoms with E-state index >= 15 is 0 Å². The predicted molar refractivity (Wildman–Crippen MR) is 106 cm³/mol. The highest BCUT2D eigenvalue weighted by Crippen LogP contribution is 2.27. The van der Waals surface area contributed by atoms with Crippen LogP contribution in [0.3, 0.4) is 0 Å². The highest BCUT2D eigenvalue weighted by Gasteiger charge is 2.21. The Kier molecular flexibility index (Phi) is 5.61. The summed E-state index contributed by atoms with van der Waals surface area (Å²) >= 11 is 0. The van der Waals surface area contributed by atoms with Crippen LogP contribution in [0.4, 0.5) is 0 Å². The number of ether oxygens (including phenoxy) is 2. The minimum atomic E-state index is -3.75. The molecule has 1 fully saturated rings. The highest BCUT2D eigenvalue weighted by atomic mass is 32.2. The summed E-state index contributed by atoms with van der Waals surface area (Å²) in [6.45, 7) is 2.81. The van der Waals surface area contributed by atoms with Crippen molar-refractivity contribution >= 4 is 20.9 Å². The Morgan fingerprint density at radius 2 is 1.89 bits per heavy atom. The highest BCUT2D eigenvalue weighted by molar-refractivity contribution is 7.90. The van der Waals surface area contributed by atoms with Gasteiger partial charge in [0.25, 0.3) is 10.0 Å². The smallest absolute Gasteiger partial charge is 0.283 e. The van der Waals surface area contributed by atoms with Crippen molar-refractivity contribution in [3.05, 3.63) is 54.7 Å². The average Bonchev–Trinajstić information content (AvgIpc) is 3.18. The lowest BCUT2D eigenvalue weighted by Crippen LogP contribution is -2.37. The van der Waals surface area contributed by atoms with Crippen LogP contribution in [-0.2, 0) is 14.8 Å². The van der Waals surface area contributed by atoms with E-state index < -0.39 is 10.0 Å². The molecule has 148 valence electrons. The second-order valence-corrected chi connectivity index (χ2v) is 8.45. The van der Waals surface area contributed by atoms with Crippen LogP contribution in [0.15, 0.2) is 59.6 Å². The molecule has 1 aromatic heterocycles. The fourth-order valence-corrected chi connectivity index (χ4v) is 4.63. The number of fused-ring (bicyclic) bond motifs is 1. The van der Waals surface area contributed by atoms with E-state index in [0.717, 1.165) is 36.7 Å². The number of aromatic nitrogens is 2. The Morgan fingerprint density at radius 3 is 2.68 bits per heavy atom. The third kappa shape index (κ3) is 3.89. The molecule has 1 aliphatic heterocycles. The van der Waals surface area contributed by atoms with E-state index in [2.05, 4.69) is 10.4 Å². The van der Waals surface area contributed by atoms with Crippen molar-refractivity contribution in [3.8, 4) is 5.75 Å². The molecule has 1 N–H and O–H groups in total. The zero-order chi connectivity index (χ0) is 19.4. The maximum Gasteiger partial charge on any atom is 0.283 e. The zero-order valence-corrected chi connectivity index (χ0v) is 16.3. The normalized spacial score (nSPS) is 15.7. The van der Waals surface area contributed by atoms with Crippen molar-refractivity contribution in [3.63, 3.8) is 0 Å². The molecule has 0 amide bonds. The molecule has 2 heterocycles. The summed E-state index contributed by atoms with van der Waals surface area (Å²) in [5.41, 5.74) is 0.499. The van der Waals surface area contributed by atoms with Gasteiger partial charge in [-0.25, -0.2) is 0 Å². The lowest BCUT2D eigenvalue weighted by molar-refractivity contribution is 0.0770. The molecule has 0 unspecified atom stereocenters. The van der Waals surface area contributed by atoms with Gasteiger partial charge in [-0.2, -0.15) is 17.6 Å². The largest absolute Gasteiger partial charge is 0.491 e. The van der Waals surface area contributed by atoms with Gasteiger partial charge < -0.3 is 14.8 Å². The number of hydrogen-bond donors (Lipinski definition) is 1. The van der Waals surface area contributed by atoms with E-state index in [9.17, 15) is 8.42 Å². The molecule has 28 heavy (non-hydrogen) atoms. The minimum absolute atomic E-state index is 0.201. The van der Waals surface area contributed by atoms with Gasteiger partial charge in [-0.05, 0) is 37.1 Å². The minimum Gasteiger partial charge on any atom is -0.491 e. The third-order valence-corrected chi connectivity index (χ3v) is 6.44. The maximum absolute atomic E-state index is 12.9. The number of hydrogen-bond acceptors (Lipinski definition) is 6. The van der Waals surface area contributed by atoms with Crippen molar-refractivity contribution in [1.29, 1.82) is 0 Å². The summed E-state index contributed by atoms with van der Waals surface area (Å²) in [4.78, 5) is 0.201. The van der Waals surface area contributed by atoms with Crippen LogP contribution in [0.5, 0.6) is 5.75 Å². The van der Waals surface area contributed by atoms with Crippen molar-refractivity contribution < 1.29 is 17.9 Å². The molecule has 0 aliphatic carbocycles. The van der Waals surface area contributed by atoms with Crippen molar-refractivity contribution in [2.24, 2.45) is 0 Å². The summed E-state index contributed by atoms with van der Waals surface area (Å²) in [5, 5.41) is 8.27. The SMILES string of the molecule is O=S(=O)(c1ccccc1)n1ncc2c(OCCNC3CCOCC3)cccc21. The quantitative estimate of drug-likeness (QED) is 0.613.